The average molecular weight is 354 g/mol. The van der Waals surface area contributed by atoms with E-state index in [4.69, 9.17) is 0 Å². The third kappa shape index (κ3) is 5.37. The quantitative estimate of drug-likeness (QED) is 0.763. The molecular weight excluding hydrogens is 326 g/mol. The lowest BCUT2D eigenvalue weighted by Crippen LogP contribution is -2.49. The monoisotopic (exact) mass is 353 g/mol. The second-order valence-electron chi connectivity index (χ2n) is 6.04. The first-order valence-corrected chi connectivity index (χ1v) is 9.62. The van der Waals surface area contributed by atoms with E-state index in [2.05, 4.69) is 10.6 Å². The molecule has 2 heterocycles. The summed E-state index contributed by atoms with van der Waals surface area (Å²) in [6.45, 7) is 4.68. The highest BCUT2D eigenvalue weighted by molar-refractivity contribution is 7.89. The molecule has 0 spiro atoms. The Bertz CT molecular complexity index is 444. The van der Waals surface area contributed by atoms with Crippen LogP contribution in [-0.2, 0) is 14.8 Å². The first-order chi connectivity index (χ1) is 10.0. The lowest BCUT2D eigenvalue weighted by atomic mass is 9.97. The van der Waals surface area contributed by atoms with Crippen LogP contribution in [0.4, 0.5) is 0 Å². The summed E-state index contributed by atoms with van der Waals surface area (Å²) in [6, 6.07) is 0.118. The highest BCUT2D eigenvalue weighted by Gasteiger charge is 2.29. The standard InChI is InChI=1S/C14H27N3O3S.ClH/c1-2-10-21(19,20)17-8-5-13(6-9-17)16-14(18)12-4-3-7-15-11-12;/h12-13,15H,2-11H2,1H3,(H,16,18);1H. The summed E-state index contributed by atoms with van der Waals surface area (Å²) in [5.74, 6) is 0.412. The van der Waals surface area contributed by atoms with Gasteiger partial charge in [-0.25, -0.2) is 12.7 Å². The van der Waals surface area contributed by atoms with Gasteiger partial charge in [0.25, 0.3) is 0 Å². The Morgan fingerprint density at radius 3 is 2.50 bits per heavy atom. The topological polar surface area (TPSA) is 78.5 Å². The summed E-state index contributed by atoms with van der Waals surface area (Å²) in [4.78, 5) is 12.2. The summed E-state index contributed by atoms with van der Waals surface area (Å²) in [7, 11) is -3.10. The van der Waals surface area contributed by atoms with Crippen LogP contribution >= 0.6 is 12.4 Å². The van der Waals surface area contributed by atoms with Crippen molar-refractivity contribution in [1.82, 2.24) is 14.9 Å². The Labute approximate surface area is 139 Å². The third-order valence-electron chi connectivity index (χ3n) is 4.32. The average Bonchev–Trinajstić information content (AvgIpc) is 2.48. The minimum atomic E-state index is -3.10. The van der Waals surface area contributed by atoms with E-state index in [0.717, 1.165) is 38.8 Å². The maximum Gasteiger partial charge on any atom is 0.224 e. The maximum absolute atomic E-state index is 12.2. The van der Waals surface area contributed by atoms with Gasteiger partial charge in [-0.1, -0.05) is 6.92 Å². The van der Waals surface area contributed by atoms with Crippen molar-refractivity contribution >= 4 is 28.3 Å². The Balaban J connectivity index is 0.00000242. The number of carbonyl (C=O) groups is 1. The van der Waals surface area contributed by atoms with Gasteiger partial charge in [0.05, 0.1) is 11.7 Å². The van der Waals surface area contributed by atoms with Crippen LogP contribution in [0, 0.1) is 5.92 Å². The number of nitrogens with one attached hydrogen (secondary N) is 2. The van der Waals surface area contributed by atoms with Crippen molar-refractivity contribution < 1.29 is 13.2 Å². The number of sulfonamides is 1. The first-order valence-electron chi connectivity index (χ1n) is 8.02. The molecular formula is C14H28ClN3O3S. The van der Waals surface area contributed by atoms with E-state index in [9.17, 15) is 13.2 Å². The predicted octanol–water partition coefficient (Wildman–Crippen LogP) is 0.728. The number of hydrogen-bond donors (Lipinski definition) is 2. The molecule has 1 amide bonds. The molecule has 130 valence electrons. The molecule has 0 aromatic heterocycles. The summed E-state index contributed by atoms with van der Waals surface area (Å²) in [5.41, 5.74) is 0. The number of carbonyl (C=O) groups excluding carboxylic acids is 1. The second-order valence-corrected chi connectivity index (χ2v) is 8.13. The molecule has 0 radical (unpaired) electrons. The highest BCUT2D eigenvalue weighted by Crippen LogP contribution is 2.17. The van der Waals surface area contributed by atoms with Crippen molar-refractivity contribution in [2.45, 2.75) is 45.1 Å². The zero-order chi connectivity index (χ0) is 15.3. The van der Waals surface area contributed by atoms with Crippen molar-refractivity contribution in [2.75, 3.05) is 31.9 Å². The van der Waals surface area contributed by atoms with Gasteiger partial charge in [-0.15, -0.1) is 12.4 Å². The molecule has 2 fully saturated rings. The lowest BCUT2D eigenvalue weighted by Gasteiger charge is -2.32. The van der Waals surface area contributed by atoms with Crippen molar-refractivity contribution in [1.29, 1.82) is 0 Å². The fraction of sp³-hybridized carbons (Fsp3) is 0.929. The fourth-order valence-electron chi connectivity index (χ4n) is 3.06. The van der Waals surface area contributed by atoms with Gasteiger partial charge < -0.3 is 10.6 Å². The first kappa shape index (κ1) is 19.7. The van der Waals surface area contributed by atoms with Crippen molar-refractivity contribution in [2.24, 2.45) is 5.92 Å². The second kappa shape index (κ2) is 9.05. The summed E-state index contributed by atoms with van der Waals surface area (Å²) in [6.07, 6.45) is 4.08. The van der Waals surface area contributed by atoms with E-state index in [0.29, 0.717) is 19.5 Å². The molecule has 0 aromatic rings. The smallest absolute Gasteiger partial charge is 0.224 e. The van der Waals surface area contributed by atoms with Gasteiger partial charge in [-0.3, -0.25) is 4.79 Å². The minimum absolute atomic E-state index is 0. The van der Waals surface area contributed by atoms with Gasteiger partial charge in [-0.2, -0.15) is 0 Å². The number of hydrogen-bond acceptors (Lipinski definition) is 4. The summed E-state index contributed by atoms with van der Waals surface area (Å²) in [5, 5.41) is 6.34. The van der Waals surface area contributed by atoms with Gasteiger partial charge in [-0.05, 0) is 38.6 Å². The van der Waals surface area contributed by atoms with Crippen LogP contribution in [0.25, 0.3) is 0 Å². The lowest BCUT2D eigenvalue weighted by molar-refractivity contribution is -0.126. The molecule has 2 N–H and O–H groups in total. The van der Waals surface area contributed by atoms with E-state index in [1.54, 1.807) is 4.31 Å². The van der Waals surface area contributed by atoms with Gasteiger partial charge in [0.2, 0.25) is 15.9 Å². The van der Waals surface area contributed by atoms with Crippen LogP contribution in [0.5, 0.6) is 0 Å². The number of halogens is 1. The van der Waals surface area contributed by atoms with Gasteiger partial charge in [0, 0.05) is 25.7 Å². The van der Waals surface area contributed by atoms with Crippen molar-refractivity contribution in [3.05, 3.63) is 0 Å². The molecule has 2 rings (SSSR count). The molecule has 0 saturated carbocycles. The molecule has 0 bridgehead atoms. The van der Waals surface area contributed by atoms with Crippen LogP contribution in [0.15, 0.2) is 0 Å². The number of rotatable bonds is 5. The molecule has 2 aliphatic heterocycles. The number of nitrogens with zero attached hydrogens (tertiary/aromatic N) is 1. The van der Waals surface area contributed by atoms with Crippen molar-refractivity contribution in [3.8, 4) is 0 Å². The van der Waals surface area contributed by atoms with E-state index < -0.39 is 10.0 Å². The number of amides is 1. The third-order valence-corrected chi connectivity index (χ3v) is 6.40. The molecule has 0 aromatic carbocycles. The molecule has 2 saturated heterocycles. The fourth-order valence-corrected chi connectivity index (χ4v) is 4.60. The molecule has 0 aliphatic carbocycles. The highest BCUT2D eigenvalue weighted by atomic mass is 35.5. The van der Waals surface area contributed by atoms with E-state index in [1.807, 2.05) is 6.92 Å². The molecule has 1 atom stereocenters. The van der Waals surface area contributed by atoms with Crippen LogP contribution in [0.1, 0.15) is 39.0 Å². The van der Waals surface area contributed by atoms with Crippen molar-refractivity contribution in [3.63, 3.8) is 0 Å². The van der Waals surface area contributed by atoms with Gasteiger partial charge in [0.15, 0.2) is 0 Å². The Kier molecular flexibility index (Phi) is 8.10. The predicted molar refractivity (Wildman–Crippen MR) is 89.7 cm³/mol. The molecule has 1 unspecified atom stereocenters. The van der Waals surface area contributed by atoms with Crippen LogP contribution in [-0.4, -0.2) is 56.6 Å². The van der Waals surface area contributed by atoms with Crippen LogP contribution in [0.2, 0.25) is 0 Å². The Morgan fingerprint density at radius 1 is 1.27 bits per heavy atom. The van der Waals surface area contributed by atoms with Crippen LogP contribution in [0.3, 0.4) is 0 Å². The SMILES string of the molecule is CCCS(=O)(=O)N1CCC(NC(=O)C2CCCNC2)CC1.Cl. The van der Waals surface area contributed by atoms with E-state index in [1.165, 1.54) is 0 Å². The van der Waals surface area contributed by atoms with Gasteiger partial charge in [0.1, 0.15) is 0 Å². The molecule has 22 heavy (non-hydrogen) atoms. The molecule has 6 nitrogen and oxygen atoms in total. The summed E-state index contributed by atoms with van der Waals surface area (Å²) >= 11 is 0. The van der Waals surface area contributed by atoms with Crippen LogP contribution < -0.4 is 10.6 Å². The normalized spacial score (nSPS) is 24.5. The largest absolute Gasteiger partial charge is 0.353 e. The summed E-state index contributed by atoms with van der Waals surface area (Å²) < 4.78 is 25.6. The van der Waals surface area contributed by atoms with E-state index >= 15 is 0 Å². The minimum Gasteiger partial charge on any atom is -0.353 e. The molecule has 8 heteroatoms. The van der Waals surface area contributed by atoms with Gasteiger partial charge >= 0.3 is 0 Å². The Hall–Kier alpha value is -0.370. The number of piperidine rings is 2. The molecule has 2 aliphatic rings. The Morgan fingerprint density at radius 2 is 1.95 bits per heavy atom. The zero-order valence-corrected chi connectivity index (χ0v) is 14.8. The van der Waals surface area contributed by atoms with E-state index in [-0.39, 0.29) is 36.0 Å². The zero-order valence-electron chi connectivity index (χ0n) is 13.2. The maximum atomic E-state index is 12.2.